The lowest BCUT2D eigenvalue weighted by atomic mass is 10.0. The first-order valence-corrected chi connectivity index (χ1v) is 9.29. The van der Waals surface area contributed by atoms with Gasteiger partial charge in [-0.05, 0) is 32.8 Å². The number of hydrogen-bond acceptors (Lipinski definition) is 4. The second-order valence-corrected chi connectivity index (χ2v) is 7.46. The van der Waals surface area contributed by atoms with Crippen molar-refractivity contribution in [2.75, 3.05) is 24.7 Å². The first kappa shape index (κ1) is 16.4. The van der Waals surface area contributed by atoms with Crippen LogP contribution in [0.3, 0.4) is 0 Å². The van der Waals surface area contributed by atoms with Crippen LogP contribution in [0.2, 0.25) is 0 Å². The molecule has 2 aliphatic heterocycles. The fourth-order valence-electron chi connectivity index (χ4n) is 3.54. The number of amides is 2. The van der Waals surface area contributed by atoms with E-state index in [1.54, 1.807) is 23.6 Å². The zero-order valence-electron chi connectivity index (χ0n) is 14.0. The second kappa shape index (κ2) is 6.55. The van der Waals surface area contributed by atoms with E-state index in [2.05, 4.69) is 22.8 Å². The van der Waals surface area contributed by atoms with E-state index in [0.29, 0.717) is 18.2 Å². The summed E-state index contributed by atoms with van der Waals surface area (Å²) in [6.07, 6.45) is 2.02. The highest BCUT2D eigenvalue weighted by Gasteiger charge is 2.37. The fraction of sp³-hybridized carbons (Fsp3) is 0.688. The van der Waals surface area contributed by atoms with Gasteiger partial charge in [-0.1, -0.05) is 0 Å². The van der Waals surface area contributed by atoms with E-state index >= 15 is 0 Å². The Morgan fingerprint density at radius 1 is 1.35 bits per heavy atom. The Bertz CT molecular complexity index is 615. The van der Waals surface area contributed by atoms with Crippen molar-refractivity contribution in [3.05, 3.63) is 17.5 Å². The van der Waals surface area contributed by atoms with Crippen LogP contribution in [0.15, 0.2) is 6.07 Å². The smallest absolute Gasteiger partial charge is 0.246 e. The van der Waals surface area contributed by atoms with Crippen LogP contribution >= 0.6 is 11.8 Å². The molecule has 0 saturated carbocycles. The minimum atomic E-state index is -0.295. The number of likely N-dealkylation sites (tertiary alicyclic amines) is 1. The van der Waals surface area contributed by atoms with Crippen molar-refractivity contribution in [1.29, 1.82) is 0 Å². The number of rotatable bonds is 2. The maximum Gasteiger partial charge on any atom is 0.246 e. The van der Waals surface area contributed by atoms with Crippen LogP contribution < -0.4 is 0 Å². The highest BCUT2D eigenvalue weighted by Crippen LogP contribution is 2.27. The molecule has 7 heteroatoms. The van der Waals surface area contributed by atoms with E-state index in [4.69, 9.17) is 0 Å². The average molecular weight is 336 g/mol. The lowest BCUT2D eigenvalue weighted by Crippen LogP contribution is -2.51. The van der Waals surface area contributed by atoms with Gasteiger partial charge >= 0.3 is 0 Å². The van der Waals surface area contributed by atoms with E-state index in [0.717, 1.165) is 30.8 Å². The molecule has 6 nitrogen and oxygen atoms in total. The fourth-order valence-corrected chi connectivity index (χ4v) is 4.75. The molecule has 23 heavy (non-hydrogen) atoms. The highest BCUT2D eigenvalue weighted by molar-refractivity contribution is 7.99. The van der Waals surface area contributed by atoms with Gasteiger partial charge in [0, 0.05) is 31.5 Å². The number of nitrogens with zero attached hydrogens (tertiary/aromatic N) is 4. The molecule has 2 atom stereocenters. The lowest BCUT2D eigenvalue weighted by molar-refractivity contribution is -0.143. The summed E-state index contributed by atoms with van der Waals surface area (Å²) in [6, 6.07) is 2.02. The third kappa shape index (κ3) is 3.24. The maximum atomic E-state index is 12.9. The second-order valence-electron chi connectivity index (χ2n) is 6.46. The lowest BCUT2D eigenvalue weighted by Gasteiger charge is -2.36. The Balaban J connectivity index is 1.72. The number of aryl methyl sites for hydroxylation is 2. The summed E-state index contributed by atoms with van der Waals surface area (Å²) < 4.78 is 2.06. The van der Waals surface area contributed by atoms with Gasteiger partial charge in [0.2, 0.25) is 11.8 Å². The van der Waals surface area contributed by atoms with Crippen molar-refractivity contribution in [3.63, 3.8) is 0 Å². The maximum absolute atomic E-state index is 12.9. The van der Waals surface area contributed by atoms with Crippen LogP contribution in [0.25, 0.3) is 0 Å². The molecule has 0 N–H and O–H groups in total. The van der Waals surface area contributed by atoms with Crippen molar-refractivity contribution in [2.45, 2.75) is 45.7 Å². The summed E-state index contributed by atoms with van der Waals surface area (Å²) in [4.78, 5) is 28.2. The highest BCUT2D eigenvalue weighted by atomic mass is 32.2. The predicted octanol–water partition coefficient (Wildman–Crippen LogP) is 1.58. The molecule has 2 unspecified atom stereocenters. The van der Waals surface area contributed by atoms with Gasteiger partial charge in [0.05, 0.1) is 17.6 Å². The van der Waals surface area contributed by atoms with Crippen LogP contribution in [-0.2, 0) is 9.59 Å². The van der Waals surface area contributed by atoms with Gasteiger partial charge in [-0.2, -0.15) is 5.10 Å². The summed E-state index contributed by atoms with van der Waals surface area (Å²) in [7, 11) is 0. The number of hydrogen-bond donors (Lipinski definition) is 0. The molecule has 2 amide bonds. The molecule has 2 fully saturated rings. The van der Waals surface area contributed by atoms with Gasteiger partial charge in [0.25, 0.3) is 0 Å². The molecule has 3 heterocycles. The summed E-state index contributed by atoms with van der Waals surface area (Å²) in [5.74, 6) is 1.41. The average Bonchev–Trinajstić information content (AvgIpc) is 3.13. The molecule has 2 saturated heterocycles. The predicted molar refractivity (Wildman–Crippen MR) is 90.2 cm³/mol. The molecular formula is C16H24N4O2S. The summed E-state index contributed by atoms with van der Waals surface area (Å²) in [6.45, 7) is 7.07. The number of carbonyl (C=O) groups excluding carboxylic acids is 2. The first-order chi connectivity index (χ1) is 11.0. The Morgan fingerprint density at radius 2 is 2.13 bits per heavy atom. The van der Waals surface area contributed by atoms with E-state index < -0.39 is 0 Å². The summed E-state index contributed by atoms with van der Waals surface area (Å²) in [5.41, 5.74) is 2.16. The monoisotopic (exact) mass is 336 g/mol. The number of carbonyl (C=O) groups is 2. The van der Waals surface area contributed by atoms with Gasteiger partial charge in [-0.3, -0.25) is 14.3 Å². The zero-order valence-corrected chi connectivity index (χ0v) is 14.8. The first-order valence-electron chi connectivity index (χ1n) is 8.14. The van der Waals surface area contributed by atoms with Crippen LogP contribution in [-0.4, -0.2) is 62.2 Å². The summed E-state index contributed by atoms with van der Waals surface area (Å²) in [5, 5.41) is 4.58. The molecular weight excluding hydrogens is 312 g/mol. The van der Waals surface area contributed by atoms with Gasteiger partial charge < -0.3 is 9.80 Å². The van der Waals surface area contributed by atoms with Crippen LogP contribution in [0.1, 0.15) is 37.2 Å². The Hall–Kier alpha value is -1.50. The number of thioether (sulfide) groups is 1. The molecule has 126 valence electrons. The largest absolute Gasteiger partial charge is 0.339 e. The van der Waals surface area contributed by atoms with Crippen molar-refractivity contribution >= 4 is 23.6 Å². The molecule has 1 aromatic rings. The van der Waals surface area contributed by atoms with Crippen molar-refractivity contribution in [2.24, 2.45) is 0 Å². The molecule has 0 aliphatic carbocycles. The van der Waals surface area contributed by atoms with E-state index in [1.807, 2.05) is 11.8 Å². The third-order valence-electron chi connectivity index (χ3n) is 4.67. The van der Waals surface area contributed by atoms with Gasteiger partial charge in [-0.15, -0.1) is 11.8 Å². The molecule has 0 bridgehead atoms. The minimum Gasteiger partial charge on any atom is -0.339 e. The Kier molecular flexibility index (Phi) is 4.66. The number of piperidine rings is 1. The molecule has 0 spiro atoms. The number of aromatic nitrogens is 2. The van der Waals surface area contributed by atoms with Crippen molar-refractivity contribution in [3.8, 4) is 0 Å². The topological polar surface area (TPSA) is 58.4 Å². The molecule has 3 rings (SSSR count). The van der Waals surface area contributed by atoms with Crippen molar-refractivity contribution in [1.82, 2.24) is 19.6 Å². The molecule has 0 radical (unpaired) electrons. The normalized spacial score (nSPS) is 25.0. The third-order valence-corrected chi connectivity index (χ3v) is 5.68. The SMILES string of the molecule is CC(=O)N1CSCC1C(=O)N1CCCC(n2nc(C)cc2C)C1. The van der Waals surface area contributed by atoms with Crippen molar-refractivity contribution < 1.29 is 9.59 Å². The Morgan fingerprint density at radius 3 is 2.78 bits per heavy atom. The van der Waals surface area contributed by atoms with Crippen LogP contribution in [0.5, 0.6) is 0 Å². The zero-order chi connectivity index (χ0) is 16.6. The summed E-state index contributed by atoms with van der Waals surface area (Å²) >= 11 is 1.65. The van der Waals surface area contributed by atoms with Gasteiger partial charge in [-0.25, -0.2) is 0 Å². The van der Waals surface area contributed by atoms with E-state index in [9.17, 15) is 9.59 Å². The molecule has 1 aromatic heterocycles. The standard InChI is InChI=1S/C16H24N4O2S/c1-11-7-12(2)20(17-11)14-5-4-6-18(8-14)16(22)15-9-23-10-19(15)13(3)21/h7,14-15H,4-6,8-10H2,1-3H3. The molecule has 0 aromatic carbocycles. The minimum absolute atomic E-state index is 0.0135. The van der Waals surface area contributed by atoms with E-state index in [-0.39, 0.29) is 23.9 Å². The van der Waals surface area contributed by atoms with E-state index in [1.165, 1.54) is 0 Å². The van der Waals surface area contributed by atoms with Gasteiger partial charge in [0.15, 0.2) is 0 Å². The van der Waals surface area contributed by atoms with Gasteiger partial charge in [0.1, 0.15) is 6.04 Å². The molecule has 2 aliphatic rings. The Labute approximate surface area is 141 Å². The quantitative estimate of drug-likeness (QED) is 0.823. The van der Waals surface area contributed by atoms with Crippen LogP contribution in [0.4, 0.5) is 0 Å². The van der Waals surface area contributed by atoms with Crippen LogP contribution in [0, 0.1) is 13.8 Å².